The van der Waals surface area contributed by atoms with Gasteiger partial charge in [-0.05, 0) is 47.9 Å². The SMILES string of the molecule is NC1CCc2cc(OCCSC(F)(F)F)ccc21. The van der Waals surface area contributed by atoms with E-state index in [1.54, 1.807) is 6.07 Å². The molecule has 0 aliphatic heterocycles. The molecule has 0 radical (unpaired) electrons. The molecule has 2 nitrogen and oxygen atoms in total. The first-order valence-electron chi connectivity index (χ1n) is 5.67. The highest BCUT2D eigenvalue weighted by molar-refractivity contribution is 8.00. The van der Waals surface area contributed by atoms with Crippen molar-refractivity contribution in [2.45, 2.75) is 24.4 Å². The molecule has 100 valence electrons. The second-order valence-corrected chi connectivity index (χ2v) is 5.31. The number of ether oxygens (including phenoxy) is 1. The zero-order valence-electron chi connectivity index (χ0n) is 9.67. The second-order valence-electron chi connectivity index (χ2n) is 4.15. The van der Waals surface area contributed by atoms with Crippen LogP contribution in [-0.2, 0) is 6.42 Å². The first-order valence-corrected chi connectivity index (χ1v) is 6.66. The molecule has 0 saturated heterocycles. The fourth-order valence-corrected chi connectivity index (χ4v) is 2.43. The van der Waals surface area contributed by atoms with Crippen molar-refractivity contribution in [1.29, 1.82) is 0 Å². The molecule has 0 bridgehead atoms. The lowest BCUT2D eigenvalue weighted by Gasteiger charge is -2.10. The molecule has 1 aliphatic rings. The Bertz CT molecular complexity index is 422. The summed E-state index contributed by atoms with van der Waals surface area (Å²) in [6.45, 7) is 0.0506. The molecule has 1 unspecified atom stereocenters. The summed E-state index contributed by atoms with van der Waals surface area (Å²) in [5.74, 6) is 0.519. The van der Waals surface area contributed by atoms with Crippen molar-refractivity contribution in [1.82, 2.24) is 0 Å². The average molecular weight is 277 g/mol. The Morgan fingerprint density at radius 2 is 2.17 bits per heavy atom. The Morgan fingerprint density at radius 3 is 2.89 bits per heavy atom. The summed E-state index contributed by atoms with van der Waals surface area (Å²) >= 11 is -0.0663. The van der Waals surface area contributed by atoms with Gasteiger partial charge in [-0.1, -0.05) is 6.07 Å². The van der Waals surface area contributed by atoms with Gasteiger partial charge in [0.1, 0.15) is 5.75 Å². The minimum atomic E-state index is -4.19. The predicted octanol–water partition coefficient (Wildman–Crippen LogP) is 3.26. The fraction of sp³-hybridized carbons (Fsp3) is 0.500. The largest absolute Gasteiger partial charge is 0.493 e. The Kier molecular flexibility index (Phi) is 4.07. The van der Waals surface area contributed by atoms with Crippen LogP contribution in [0.2, 0.25) is 0 Å². The standard InChI is InChI=1S/C12H14F3NOS/c13-12(14,15)18-6-5-17-9-2-3-10-8(7-9)1-4-11(10)16/h2-3,7,11H,1,4-6,16H2. The van der Waals surface area contributed by atoms with Crippen molar-refractivity contribution in [3.05, 3.63) is 29.3 Å². The second kappa shape index (κ2) is 5.40. The highest BCUT2D eigenvalue weighted by Crippen LogP contribution is 2.32. The number of hydrogen-bond donors (Lipinski definition) is 1. The number of nitrogens with two attached hydrogens (primary N) is 1. The van der Waals surface area contributed by atoms with E-state index in [1.807, 2.05) is 12.1 Å². The summed E-state index contributed by atoms with van der Waals surface area (Å²) in [5.41, 5.74) is 3.97. The van der Waals surface area contributed by atoms with Crippen LogP contribution >= 0.6 is 11.8 Å². The molecule has 0 amide bonds. The zero-order chi connectivity index (χ0) is 13.2. The Morgan fingerprint density at radius 1 is 1.39 bits per heavy atom. The molecule has 0 spiro atoms. The molecule has 0 heterocycles. The number of rotatable bonds is 4. The predicted molar refractivity (Wildman–Crippen MR) is 65.7 cm³/mol. The van der Waals surface area contributed by atoms with Gasteiger partial charge < -0.3 is 10.5 Å². The number of fused-ring (bicyclic) bond motifs is 1. The summed E-state index contributed by atoms with van der Waals surface area (Å²) in [5, 5.41) is 0. The quantitative estimate of drug-likeness (QED) is 0.858. The van der Waals surface area contributed by atoms with E-state index in [2.05, 4.69) is 0 Å². The topological polar surface area (TPSA) is 35.2 Å². The maximum atomic E-state index is 11.9. The van der Waals surface area contributed by atoms with Crippen molar-refractivity contribution >= 4 is 11.8 Å². The summed E-state index contributed by atoms with van der Waals surface area (Å²) in [4.78, 5) is 0. The number of alkyl halides is 3. The molecule has 1 aromatic carbocycles. The fourth-order valence-electron chi connectivity index (χ4n) is 2.03. The van der Waals surface area contributed by atoms with Crippen LogP contribution in [0.4, 0.5) is 13.2 Å². The lowest BCUT2D eigenvalue weighted by atomic mass is 10.1. The minimum Gasteiger partial charge on any atom is -0.493 e. The van der Waals surface area contributed by atoms with Gasteiger partial charge in [-0.2, -0.15) is 13.2 Å². The highest BCUT2D eigenvalue weighted by Gasteiger charge is 2.27. The third kappa shape index (κ3) is 3.55. The monoisotopic (exact) mass is 277 g/mol. The van der Waals surface area contributed by atoms with Crippen LogP contribution in [0.1, 0.15) is 23.6 Å². The average Bonchev–Trinajstić information content (AvgIpc) is 2.65. The molecule has 1 atom stereocenters. The molecular weight excluding hydrogens is 263 g/mol. The molecule has 0 fully saturated rings. The van der Waals surface area contributed by atoms with Crippen LogP contribution in [0, 0.1) is 0 Å². The molecule has 2 rings (SSSR count). The lowest BCUT2D eigenvalue weighted by Crippen LogP contribution is -2.08. The molecule has 1 aliphatic carbocycles. The van der Waals surface area contributed by atoms with Gasteiger partial charge in [-0.25, -0.2) is 0 Å². The molecule has 0 saturated carbocycles. The summed E-state index contributed by atoms with van der Waals surface area (Å²) in [7, 11) is 0. The maximum absolute atomic E-state index is 11.9. The molecule has 18 heavy (non-hydrogen) atoms. The van der Waals surface area contributed by atoms with Crippen molar-refractivity contribution in [2.75, 3.05) is 12.4 Å². The number of aryl methyl sites for hydroxylation is 1. The number of hydrogen-bond acceptors (Lipinski definition) is 3. The van der Waals surface area contributed by atoms with Gasteiger partial charge >= 0.3 is 5.51 Å². The third-order valence-corrected chi connectivity index (χ3v) is 3.55. The smallest absolute Gasteiger partial charge is 0.441 e. The summed E-state index contributed by atoms with van der Waals surface area (Å²) in [6, 6.07) is 5.62. The molecule has 2 N–H and O–H groups in total. The Balaban J connectivity index is 1.84. The summed E-state index contributed by atoms with van der Waals surface area (Å²) in [6.07, 6.45) is 1.83. The van der Waals surface area contributed by atoms with Gasteiger partial charge in [0.25, 0.3) is 0 Å². The number of halogens is 3. The first kappa shape index (κ1) is 13.5. The molecule has 0 aromatic heterocycles. The van der Waals surface area contributed by atoms with E-state index in [1.165, 1.54) is 0 Å². The van der Waals surface area contributed by atoms with E-state index >= 15 is 0 Å². The van der Waals surface area contributed by atoms with Gasteiger partial charge in [-0.15, -0.1) is 0 Å². The van der Waals surface area contributed by atoms with E-state index in [-0.39, 0.29) is 30.2 Å². The van der Waals surface area contributed by atoms with Crippen LogP contribution in [0.25, 0.3) is 0 Å². The number of thioether (sulfide) groups is 1. The van der Waals surface area contributed by atoms with E-state index in [4.69, 9.17) is 10.5 Å². The van der Waals surface area contributed by atoms with Crippen LogP contribution in [0.15, 0.2) is 18.2 Å². The normalized spacial score (nSPS) is 18.8. The van der Waals surface area contributed by atoms with Crippen molar-refractivity contribution < 1.29 is 17.9 Å². The van der Waals surface area contributed by atoms with Crippen LogP contribution < -0.4 is 10.5 Å². The van der Waals surface area contributed by atoms with Gasteiger partial charge in [0, 0.05) is 11.8 Å². The molecule has 6 heteroatoms. The van der Waals surface area contributed by atoms with Gasteiger partial charge in [0.2, 0.25) is 0 Å². The van der Waals surface area contributed by atoms with Crippen molar-refractivity contribution in [2.24, 2.45) is 5.73 Å². The molecule has 1 aromatic rings. The van der Waals surface area contributed by atoms with Crippen LogP contribution in [0.5, 0.6) is 5.75 Å². The van der Waals surface area contributed by atoms with Gasteiger partial charge in [0.05, 0.1) is 6.61 Å². The van der Waals surface area contributed by atoms with Crippen LogP contribution in [-0.4, -0.2) is 17.9 Å². The van der Waals surface area contributed by atoms with E-state index in [0.29, 0.717) is 5.75 Å². The highest BCUT2D eigenvalue weighted by atomic mass is 32.2. The molecular formula is C12H14F3NOS. The van der Waals surface area contributed by atoms with E-state index in [0.717, 1.165) is 24.0 Å². The Labute approximate surface area is 108 Å². The summed E-state index contributed by atoms with van der Waals surface area (Å²) < 4.78 is 41.0. The number of benzene rings is 1. The maximum Gasteiger partial charge on any atom is 0.441 e. The minimum absolute atomic E-state index is 0.0506. The first-order chi connectivity index (χ1) is 8.46. The lowest BCUT2D eigenvalue weighted by molar-refractivity contribution is -0.0329. The third-order valence-electron chi connectivity index (χ3n) is 2.86. The van der Waals surface area contributed by atoms with Crippen LogP contribution in [0.3, 0.4) is 0 Å². The van der Waals surface area contributed by atoms with E-state index in [9.17, 15) is 13.2 Å². The van der Waals surface area contributed by atoms with Gasteiger partial charge in [-0.3, -0.25) is 0 Å². The van der Waals surface area contributed by atoms with Crippen molar-refractivity contribution in [3.8, 4) is 5.75 Å². The van der Waals surface area contributed by atoms with E-state index < -0.39 is 5.51 Å². The zero-order valence-corrected chi connectivity index (χ0v) is 10.5. The van der Waals surface area contributed by atoms with Crippen molar-refractivity contribution in [3.63, 3.8) is 0 Å². The Hall–Kier alpha value is -0.880. The van der Waals surface area contributed by atoms with Gasteiger partial charge in [0.15, 0.2) is 0 Å².